The quantitative estimate of drug-likeness (QED) is 0.625. The van der Waals surface area contributed by atoms with Gasteiger partial charge in [0, 0.05) is 50.6 Å². The van der Waals surface area contributed by atoms with Crippen LogP contribution in [0.2, 0.25) is 0 Å². The van der Waals surface area contributed by atoms with Gasteiger partial charge in [0.15, 0.2) is 5.16 Å². The third-order valence-corrected chi connectivity index (χ3v) is 6.63. The highest BCUT2D eigenvalue weighted by atomic mass is 32.2. The van der Waals surface area contributed by atoms with Crippen LogP contribution in [0.3, 0.4) is 0 Å². The number of hydrogen-bond acceptors (Lipinski definition) is 5. The van der Waals surface area contributed by atoms with Gasteiger partial charge < -0.3 is 9.80 Å². The van der Waals surface area contributed by atoms with Crippen molar-refractivity contribution in [2.45, 2.75) is 18.1 Å². The smallest absolute Gasteiger partial charge is 0.259 e. The zero-order valence-electron chi connectivity index (χ0n) is 16.3. The van der Waals surface area contributed by atoms with Crippen molar-refractivity contribution in [3.8, 4) is 0 Å². The minimum absolute atomic E-state index is 0.129. The summed E-state index contributed by atoms with van der Waals surface area (Å²) >= 11 is 1.69. The number of rotatable bonds is 4. The van der Waals surface area contributed by atoms with E-state index in [1.807, 2.05) is 22.8 Å². The van der Waals surface area contributed by atoms with Crippen molar-refractivity contribution in [3.05, 3.63) is 82.1 Å². The summed E-state index contributed by atoms with van der Waals surface area (Å²) in [6.45, 7) is 4.37. The molecule has 0 atom stereocenters. The van der Waals surface area contributed by atoms with Crippen LogP contribution >= 0.6 is 11.8 Å². The van der Waals surface area contributed by atoms with Gasteiger partial charge >= 0.3 is 0 Å². The van der Waals surface area contributed by atoms with Gasteiger partial charge in [0.2, 0.25) is 0 Å². The molecule has 0 saturated carbocycles. The van der Waals surface area contributed by atoms with E-state index < -0.39 is 0 Å². The van der Waals surface area contributed by atoms with Crippen molar-refractivity contribution in [2.24, 2.45) is 0 Å². The first kappa shape index (κ1) is 18.3. The molecule has 5 nitrogen and oxygen atoms in total. The summed E-state index contributed by atoms with van der Waals surface area (Å²) in [5.41, 5.74) is 3.37. The van der Waals surface area contributed by atoms with Gasteiger partial charge in [-0.15, -0.1) is 0 Å². The molecule has 5 rings (SSSR count). The van der Waals surface area contributed by atoms with E-state index in [4.69, 9.17) is 4.98 Å². The number of para-hydroxylation sites is 1. The molecule has 0 spiro atoms. The van der Waals surface area contributed by atoms with Gasteiger partial charge in [-0.2, -0.15) is 0 Å². The van der Waals surface area contributed by atoms with Crippen molar-refractivity contribution < 1.29 is 0 Å². The van der Waals surface area contributed by atoms with Gasteiger partial charge in [-0.1, -0.05) is 60.3 Å². The Kier molecular flexibility index (Phi) is 5.02. The van der Waals surface area contributed by atoms with Gasteiger partial charge in [0.05, 0.1) is 5.56 Å². The van der Waals surface area contributed by atoms with Crippen molar-refractivity contribution in [1.29, 1.82) is 0 Å². The Balaban J connectivity index is 1.45. The monoisotopic (exact) mass is 404 g/mol. The van der Waals surface area contributed by atoms with Crippen LogP contribution in [0.25, 0.3) is 0 Å². The molecule has 1 fully saturated rings. The van der Waals surface area contributed by atoms with Crippen LogP contribution in [0.4, 0.5) is 11.5 Å². The molecule has 6 heteroatoms. The molecule has 0 unspecified atom stereocenters. The van der Waals surface area contributed by atoms with Crippen LogP contribution in [0.15, 0.2) is 70.6 Å². The highest BCUT2D eigenvalue weighted by Crippen LogP contribution is 2.28. The van der Waals surface area contributed by atoms with Crippen LogP contribution < -0.4 is 15.4 Å². The van der Waals surface area contributed by atoms with E-state index in [2.05, 4.69) is 52.3 Å². The van der Waals surface area contributed by atoms with Gasteiger partial charge in [-0.25, -0.2) is 4.98 Å². The number of thioether (sulfide) groups is 1. The minimum Gasteiger partial charge on any atom is -0.368 e. The number of piperazine rings is 1. The normalized spacial score (nSPS) is 16.1. The van der Waals surface area contributed by atoms with Crippen LogP contribution in [-0.4, -0.2) is 41.5 Å². The van der Waals surface area contributed by atoms with E-state index >= 15 is 0 Å². The first-order valence-electron chi connectivity index (χ1n) is 10.1. The third kappa shape index (κ3) is 3.65. The molecule has 0 aliphatic carbocycles. The van der Waals surface area contributed by atoms with Gasteiger partial charge in [-0.3, -0.25) is 9.36 Å². The summed E-state index contributed by atoms with van der Waals surface area (Å²) in [4.78, 5) is 23.0. The molecule has 0 N–H and O–H groups in total. The molecular formula is C23H24N4OS. The molecule has 2 aliphatic rings. The van der Waals surface area contributed by atoms with Gasteiger partial charge in [-0.05, 0) is 17.7 Å². The zero-order valence-corrected chi connectivity index (χ0v) is 17.1. The number of aromatic nitrogens is 2. The molecular weight excluding hydrogens is 380 g/mol. The van der Waals surface area contributed by atoms with Crippen LogP contribution in [0, 0.1) is 0 Å². The standard InChI is InChI=1S/C23H24N4OS/c28-22-20(17-18-7-3-1-4-8-18)21(24-23-27(22)15-16-29-23)26-13-11-25(12-14-26)19-9-5-2-6-10-19/h1-10H,11-17H2. The molecule has 148 valence electrons. The number of hydrogen-bond donors (Lipinski definition) is 0. The number of benzene rings is 2. The number of anilines is 2. The fourth-order valence-electron chi connectivity index (χ4n) is 4.13. The lowest BCUT2D eigenvalue weighted by Crippen LogP contribution is -2.48. The Morgan fingerprint density at radius 1 is 0.828 bits per heavy atom. The molecule has 0 radical (unpaired) electrons. The maximum absolute atomic E-state index is 13.3. The molecule has 1 aromatic heterocycles. The summed E-state index contributed by atoms with van der Waals surface area (Å²) in [6, 6.07) is 20.8. The Bertz CT molecular complexity index is 1040. The van der Waals surface area contributed by atoms with Crippen molar-refractivity contribution >= 4 is 23.3 Å². The Morgan fingerprint density at radius 3 is 2.21 bits per heavy atom. The summed E-state index contributed by atoms with van der Waals surface area (Å²) < 4.78 is 1.85. The van der Waals surface area contributed by atoms with Crippen LogP contribution in [-0.2, 0) is 13.0 Å². The average Bonchev–Trinajstić information content (AvgIpc) is 3.26. The van der Waals surface area contributed by atoms with E-state index in [1.165, 1.54) is 5.69 Å². The molecule has 3 heterocycles. The highest BCUT2D eigenvalue weighted by Gasteiger charge is 2.26. The maximum atomic E-state index is 13.3. The highest BCUT2D eigenvalue weighted by molar-refractivity contribution is 7.99. The summed E-state index contributed by atoms with van der Waals surface area (Å²) in [7, 11) is 0. The maximum Gasteiger partial charge on any atom is 0.259 e. The summed E-state index contributed by atoms with van der Waals surface area (Å²) in [5.74, 6) is 1.81. The zero-order chi connectivity index (χ0) is 19.6. The van der Waals surface area contributed by atoms with E-state index in [1.54, 1.807) is 11.8 Å². The molecule has 0 amide bonds. The molecule has 0 bridgehead atoms. The van der Waals surface area contributed by atoms with Crippen LogP contribution in [0.1, 0.15) is 11.1 Å². The number of fused-ring (bicyclic) bond motifs is 1. The first-order chi connectivity index (χ1) is 14.3. The molecule has 3 aromatic rings. The third-order valence-electron chi connectivity index (χ3n) is 5.68. The van der Waals surface area contributed by atoms with Crippen LogP contribution in [0.5, 0.6) is 0 Å². The second-order valence-corrected chi connectivity index (χ2v) is 8.54. The van der Waals surface area contributed by atoms with Crippen molar-refractivity contribution in [1.82, 2.24) is 9.55 Å². The van der Waals surface area contributed by atoms with E-state index in [0.29, 0.717) is 6.42 Å². The second-order valence-electron chi connectivity index (χ2n) is 7.47. The number of nitrogens with zero attached hydrogens (tertiary/aromatic N) is 4. The Labute approximate surface area is 175 Å². The summed E-state index contributed by atoms with van der Waals surface area (Å²) in [6.07, 6.45) is 0.631. The van der Waals surface area contributed by atoms with E-state index in [9.17, 15) is 4.79 Å². The van der Waals surface area contributed by atoms with Crippen molar-refractivity contribution in [2.75, 3.05) is 41.7 Å². The van der Waals surface area contributed by atoms with Crippen molar-refractivity contribution in [3.63, 3.8) is 0 Å². The predicted molar refractivity (Wildman–Crippen MR) is 119 cm³/mol. The Morgan fingerprint density at radius 2 is 1.48 bits per heavy atom. The average molecular weight is 405 g/mol. The summed E-state index contributed by atoms with van der Waals surface area (Å²) in [5, 5.41) is 0.868. The molecule has 2 aliphatic heterocycles. The SMILES string of the molecule is O=c1c(Cc2ccccc2)c(N2CCN(c3ccccc3)CC2)nc2n1CCS2. The largest absolute Gasteiger partial charge is 0.368 e. The molecule has 1 saturated heterocycles. The van der Waals surface area contributed by atoms with E-state index in [-0.39, 0.29) is 5.56 Å². The fourth-order valence-corrected chi connectivity index (χ4v) is 5.07. The molecule has 29 heavy (non-hydrogen) atoms. The lowest BCUT2D eigenvalue weighted by Gasteiger charge is -2.37. The lowest BCUT2D eigenvalue weighted by molar-refractivity contribution is 0.611. The predicted octanol–water partition coefficient (Wildman–Crippen LogP) is 3.27. The van der Waals surface area contributed by atoms with E-state index in [0.717, 1.165) is 60.6 Å². The molecule has 2 aromatic carbocycles. The Hall–Kier alpha value is -2.73. The fraction of sp³-hybridized carbons (Fsp3) is 0.304. The lowest BCUT2D eigenvalue weighted by atomic mass is 10.1. The van der Waals surface area contributed by atoms with Gasteiger partial charge in [0.1, 0.15) is 5.82 Å². The second kappa shape index (κ2) is 7.95. The van der Waals surface area contributed by atoms with Gasteiger partial charge in [0.25, 0.3) is 5.56 Å². The topological polar surface area (TPSA) is 41.4 Å². The minimum atomic E-state index is 0.129. The first-order valence-corrected chi connectivity index (χ1v) is 11.1.